The number of rotatable bonds is 9. The van der Waals surface area contributed by atoms with E-state index in [0.29, 0.717) is 51.0 Å². The summed E-state index contributed by atoms with van der Waals surface area (Å²) in [4.78, 5) is 42.6. The molecule has 49 heavy (non-hydrogen) atoms. The Bertz CT molecular complexity index is 1460. The maximum absolute atomic E-state index is 13.7. The molecule has 0 bridgehead atoms. The van der Waals surface area contributed by atoms with Crippen LogP contribution in [0.15, 0.2) is 30.5 Å². The molecule has 1 aromatic heterocycles. The Morgan fingerprint density at radius 3 is 2.51 bits per heavy atom. The molecule has 4 rings (SSSR count). The molecule has 0 spiro atoms. The Labute approximate surface area is 292 Å². The van der Waals surface area contributed by atoms with Crippen LogP contribution in [0.25, 0.3) is 11.3 Å². The summed E-state index contributed by atoms with van der Waals surface area (Å²) in [6.45, 7) is 14.9. The van der Waals surface area contributed by atoms with Gasteiger partial charge in [-0.05, 0) is 83.8 Å². The molecule has 0 aliphatic carbocycles. The third-order valence-electron chi connectivity index (χ3n) is 10.6. The van der Waals surface area contributed by atoms with E-state index in [1.54, 1.807) is 30.5 Å². The smallest absolute Gasteiger partial charge is 0.410 e. The number of Topliss-reactive ketones (excluding diaryl/α,β-unsaturated/α-hetero) is 1. The third-order valence-corrected chi connectivity index (χ3v) is 10.6. The Kier molecular flexibility index (Phi) is 12.6. The molecule has 0 unspecified atom stereocenters. The molecule has 2 aliphatic heterocycles. The summed E-state index contributed by atoms with van der Waals surface area (Å²) in [5.41, 5.74) is 6.27. The number of nitrogen functional groups attached to an aromatic ring is 1. The van der Waals surface area contributed by atoms with Gasteiger partial charge in [-0.3, -0.25) is 19.2 Å². The van der Waals surface area contributed by atoms with Crippen LogP contribution < -0.4 is 11.1 Å². The number of benzene rings is 1. The highest BCUT2D eigenvalue weighted by molar-refractivity contribution is 6.15. The molecule has 2 saturated heterocycles. The molecule has 0 saturated carbocycles. The van der Waals surface area contributed by atoms with Crippen LogP contribution in [0.4, 0.5) is 10.5 Å². The summed E-state index contributed by atoms with van der Waals surface area (Å²) in [6, 6.07) is 6.84. The number of hydrogen-bond donors (Lipinski definition) is 2. The second kappa shape index (κ2) is 16.1. The van der Waals surface area contributed by atoms with Crippen molar-refractivity contribution in [2.75, 3.05) is 25.9 Å². The van der Waals surface area contributed by atoms with E-state index in [-0.39, 0.29) is 17.7 Å². The van der Waals surface area contributed by atoms with Crippen molar-refractivity contribution < 1.29 is 28.6 Å². The zero-order valence-electron chi connectivity index (χ0n) is 30.5. The number of nitrogens with one attached hydrogen (secondary N) is 1. The number of aromatic nitrogens is 3. The molecule has 2 fully saturated rings. The number of anilines is 1. The van der Waals surface area contributed by atoms with Gasteiger partial charge < -0.3 is 25.3 Å². The lowest BCUT2D eigenvalue weighted by Gasteiger charge is -2.41. The molecule has 1 aromatic carbocycles. The zero-order chi connectivity index (χ0) is 36.1. The fraction of sp³-hybridized carbons (Fsp3) is 0.694. The number of carbonyl (C=O) groups excluding carboxylic acids is 3. The van der Waals surface area contributed by atoms with Crippen LogP contribution >= 0.6 is 0 Å². The number of amides is 1. The topological polar surface area (TPSA) is 151 Å². The van der Waals surface area contributed by atoms with E-state index in [1.807, 2.05) is 58.2 Å². The summed E-state index contributed by atoms with van der Waals surface area (Å²) in [6.07, 6.45) is 3.83. The van der Waals surface area contributed by atoms with Gasteiger partial charge in [0.2, 0.25) is 0 Å². The summed E-state index contributed by atoms with van der Waals surface area (Å²) < 4.78 is 20.0. The molecule has 2 radical (unpaired) electrons. The molecule has 13 heteroatoms. The van der Waals surface area contributed by atoms with E-state index >= 15 is 0 Å². The first-order valence-corrected chi connectivity index (χ1v) is 17.7. The number of nitrogens with two attached hydrogens (primary N) is 1. The van der Waals surface area contributed by atoms with Gasteiger partial charge in [0.05, 0.1) is 25.7 Å². The maximum atomic E-state index is 13.7. The van der Waals surface area contributed by atoms with Crippen molar-refractivity contribution in [3.8, 4) is 11.3 Å². The van der Waals surface area contributed by atoms with E-state index in [2.05, 4.69) is 22.6 Å². The normalized spacial score (nSPS) is 33.3. The molecule has 12 nitrogen and oxygen atoms in total. The van der Waals surface area contributed by atoms with Gasteiger partial charge in [0.1, 0.15) is 23.5 Å². The molecule has 2 aromatic rings. The summed E-state index contributed by atoms with van der Waals surface area (Å²) in [7, 11) is 8.28. The van der Waals surface area contributed by atoms with Crippen molar-refractivity contribution in [1.29, 1.82) is 0 Å². The second-order valence-corrected chi connectivity index (χ2v) is 14.6. The molecular formula is C36H55BN6O6. The van der Waals surface area contributed by atoms with E-state index < -0.39 is 53.1 Å². The number of hydrogen-bond acceptors (Lipinski definition) is 10. The molecular weight excluding hydrogens is 623 g/mol. The predicted molar refractivity (Wildman–Crippen MR) is 189 cm³/mol. The Hall–Kier alpha value is -3.45. The summed E-state index contributed by atoms with van der Waals surface area (Å²) in [5.74, 6) is -3.16. The number of carbonyl (C=O) groups is 3. The number of aryl methyl sites for hydroxylation is 1. The van der Waals surface area contributed by atoms with Gasteiger partial charge in [0.25, 0.3) is 0 Å². The highest BCUT2D eigenvalue weighted by Gasteiger charge is 2.58. The number of unbranched alkanes of at least 4 members (excludes halogenated alkanes) is 1. The van der Waals surface area contributed by atoms with Gasteiger partial charge in [-0.2, -0.15) is 0 Å². The number of esters is 1. The van der Waals surface area contributed by atoms with E-state index in [9.17, 15) is 14.4 Å². The highest BCUT2D eigenvalue weighted by Crippen LogP contribution is 2.41. The van der Waals surface area contributed by atoms with E-state index in [1.165, 1.54) is 0 Å². The Morgan fingerprint density at radius 1 is 1.12 bits per heavy atom. The number of ketones is 1. The average molecular weight is 679 g/mol. The fourth-order valence-corrected chi connectivity index (χ4v) is 7.58. The van der Waals surface area contributed by atoms with Gasteiger partial charge in [-0.25, -0.2) is 4.79 Å². The SMILES string of the molecule is [B][C@@H]1[C@@H](C)C(=O)[C@@H](C)C(=O)O[C@H](CCC)[C@@]2(C)OC(=O)N(CCCCn3cc(-c4cccc(N)c4)nn3)[C@@H]2[C@@H](C)NC[C@H](C)C[C@@]1(C)OC. The summed E-state index contributed by atoms with van der Waals surface area (Å²) in [5, 5.41) is 12.2. The lowest BCUT2D eigenvalue weighted by atomic mass is 9.62. The van der Waals surface area contributed by atoms with Crippen molar-refractivity contribution >= 4 is 31.4 Å². The van der Waals surface area contributed by atoms with Gasteiger partial charge >= 0.3 is 12.1 Å². The maximum Gasteiger partial charge on any atom is 0.410 e. The molecule has 3 N–H and O–H groups in total. The van der Waals surface area contributed by atoms with Crippen molar-refractivity contribution in [3.05, 3.63) is 30.5 Å². The number of ether oxygens (including phenoxy) is 3. The quantitative estimate of drug-likeness (QED) is 0.124. The van der Waals surface area contributed by atoms with Crippen molar-refractivity contribution in [2.24, 2.45) is 17.8 Å². The van der Waals surface area contributed by atoms with Crippen molar-refractivity contribution in [3.63, 3.8) is 0 Å². The number of nitrogens with zero attached hydrogens (tertiary/aromatic N) is 4. The third kappa shape index (κ3) is 8.48. The average Bonchev–Trinajstić information content (AvgIpc) is 3.65. The molecule has 268 valence electrons. The number of cyclic esters (lactones) is 1. The van der Waals surface area contributed by atoms with Crippen LogP contribution in [0.3, 0.4) is 0 Å². The minimum atomic E-state index is -1.16. The molecule has 1 amide bonds. The Balaban J connectivity index is 1.56. The molecule has 3 heterocycles. The van der Waals surface area contributed by atoms with Gasteiger partial charge in [-0.15, -0.1) is 5.10 Å². The van der Waals surface area contributed by atoms with Gasteiger partial charge in [0, 0.05) is 43.4 Å². The number of fused-ring (bicyclic) bond motifs is 1. The standard InChI is InChI=1S/C36H55BN6O6/c1-9-13-29-36(7)32(25(5)39-20-22(2)19-35(6,47-8)31(37)23(3)30(44)24(4)33(45)48-29)43(34(46)49-36)17-11-10-16-42-21-28(40-41-42)26-14-12-15-27(38)18-26/h12,14-15,18,21-25,29,31-32,39H,9-11,13,16-17,19-20,38H2,1-8H3/t22-,23+,24-,25-,29-,31-,32-,35-,36-/m1/s1. The van der Waals surface area contributed by atoms with Crippen LogP contribution in [-0.2, 0) is 30.3 Å². The first kappa shape index (κ1) is 38.4. The fourth-order valence-electron chi connectivity index (χ4n) is 7.58. The summed E-state index contributed by atoms with van der Waals surface area (Å²) >= 11 is 0. The highest BCUT2D eigenvalue weighted by atomic mass is 16.6. The second-order valence-electron chi connectivity index (χ2n) is 14.6. The monoisotopic (exact) mass is 678 g/mol. The first-order chi connectivity index (χ1) is 23.1. The first-order valence-electron chi connectivity index (χ1n) is 17.7. The Morgan fingerprint density at radius 2 is 1.84 bits per heavy atom. The largest absolute Gasteiger partial charge is 0.457 e. The lowest BCUT2D eigenvalue weighted by molar-refractivity contribution is -0.170. The lowest BCUT2D eigenvalue weighted by Crippen LogP contribution is -2.61. The van der Waals surface area contributed by atoms with Crippen LogP contribution in [0.1, 0.15) is 80.6 Å². The molecule has 2 aliphatic rings. The number of methoxy groups -OCH3 is 1. The minimum absolute atomic E-state index is 0.116. The van der Waals surface area contributed by atoms with Crippen LogP contribution in [-0.4, -0.2) is 95.2 Å². The van der Waals surface area contributed by atoms with Crippen molar-refractivity contribution in [1.82, 2.24) is 25.2 Å². The van der Waals surface area contributed by atoms with Gasteiger partial charge in [0.15, 0.2) is 5.60 Å². The van der Waals surface area contributed by atoms with Crippen LogP contribution in [0, 0.1) is 17.8 Å². The van der Waals surface area contributed by atoms with E-state index in [0.717, 1.165) is 17.7 Å². The predicted octanol–water partition coefficient (Wildman–Crippen LogP) is 4.82. The van der Waals surface area contributed by atoms with Gasteiger partial charge in [-0.1, -0.05) is 44.5 Å². The van der Waals surface area contributed by atoms with E-state index in [4.69, 9.17) is 27.8 Å². The van der Waals surface area contributed by atoms with Crippen LogP contribution in [0.5, 0.6) is 0 Å². The minimum Gasteiger partial charge on any atom is -0.457 e. The molecule has 9 atom stereocenters. The van der Waals surface area contributed by atoms with Crippen LogP contribution in [0.2, 0.25) is 5.82 Å². The zero-order valence-corrected chi connectivity index (χ0v) is 30.5. The van der Waals surface area contributed by atoms with Crippen molar-refractivity contribution in [2.45, 2.75) is 122 Å².